The number of hydrogen-bond acceptors (Lipinski definition) is 1. The van der Waals surface area contributed by atoms with E-state index < -0.39 is 5.97 Å². The molecule has 0 saturated heterocycles. The molecule has 0 amide bonds. The molecule has 1 N–H and O–H groups in total. The fourth-order valence-corrected chi connectivity index (χ4v) is 2.02. The van der Waals surface area contributed by atoms with E-state index in [4.69, 9.17) is 5.11 Å². The Kier molecular flexibility index (Phi) is 2.07. The molecule has 4 heteroatoms. The Bertz CT molecular complexity index is 516. The van der Waals surface area contributed by atoms with Gasteiger partial charge in [0.15, 0.2) is 0 Å². The van der Waals surface area contributed by atoms with Gasteiger partial charge in [-0.25, -0.2) is 4.79 Å². The Balaban J connectivity index is 2.90. The lowest BCUT2D eigenvalue weighted by Crippen LogP contribution is -2.03. The number of fused-ring (bicyclic) bond motifs is 1. The van der Waals surface area contributed by atoms with E-state index >= 15 is 0 Å². The van der Waals surface area contributed by atoms with Crippen molar-refractivity contribution in [1.29, 1.82) is 0 Å². The van der Waals surface area contributed by atoms with Crippen LogP contribution in [0.4, 0.5) is 0 Å². The molecule has 2 aromatic heterocycles. The summed E-state index contributed by atoms with van der Waals surface area (Å²) in [4.78, 5) is 11.0. The Morgan fingerprint density at radius 2 is 2.29 bits per heavy atom. The van der Waals surface area contributed by atoms with Gasteiger partial charge in [-0.05, 0) is 46.6 Å². The zero-order chi connectivity index (χ0) is 10.3. The van der Waals surface area contributed by atoms with E-state index in [9.17, 15) is 4.79 Å². The summed E-state index contributed by atoms with van der Waals surface area (Å²) in [6.07, 6.45) is 1.75. The quantitative estimate of drug-likeness (QED) is 0.850. The molecular formula is C10H8BrNO2. The molecule has 0 aliphatic rings. The van der Waals surface area contributed by atoms with Gasteiger partial charge in [0.1, 0.15) is 5.69 Å². The molecule has 0 atom stereocenters. The van der Waals surface area contributed by atoms with Crippen LogP contribution in [-0.2, 0) is 0 Å². The minimum absolute atomic E-state index is 0.321. The van der Waals surface area contributed by atoms with E-state index in [-0.39, 0.29) is 0 Å². The van der Waals surface area contributed by atoms with Gasteiger partial charge in [0.05, 0.1) is 5.52 Å². The molecule has 2 rings (SSSR count). The Hall–Kier alpha value is -1.29. The number of aryl methyl sites for hydroxylation is 1. The molecule has 2 heterocycles. The van der Waals surface area contributed by atoms with Crippen LogP contribution in [0.1, 0.15) is 16.1 Å². The van der Waals surface area contributed by atoms with E-state index in [1.807, 2.05) is 18.2 Å². The van der Waals surface area contributed by atoms with Crippen molar-refractivity contribution in [1.82, 2.24) is 4.40 Å². The first-order chi connectivity index (χ1) is 6.61. The topological polar surface area (TPSA) is 41.7 Å². The average Bonchev–Trinajstić information content (AvgIpc) is 2.42. The first kappa shape index (κ1) is 9.27. The van der Waals surface area contributed by atoms with Crippen molar-refractivity contribution in [3.63, 3.8) is 0 Å². The minimum atomic E-state index is -0.902. The van der Waals surface area contributed by atoms with Gasteiger partial charge < -0.3 is 9.51 Å². The Morgan fingerprint density at radius 1 is 1.57 bits per heavy atom. The highest BCUT2D eigenvalue weighted by molar-refractivity contribution is 9.10. The predicted octanol–water partition coefficient (Wildman–Crippen LogP) is 2.71. The summed E-state index contributed by atoms with van der Waals surface area (Å²) in [7, 11) is 0. The fourth-order valence-electron chi connectivity index (χ4n) is 1.56. The summed E-state index contributed by atoms with van der Waals surface area (Å²) in [6.45, 7) is 1.79. The van der Waals surface area contributed by atoms with Crippen LogP contribution >= 0.6 is 15.9 Å². The van der Waals surface area contributed by atoms with E-state index in [1.54, 1.807) is 17.5 Å². The van der Waals surface area contributed by atoms with Crippen molar-refractivity contribution in [3.8, 4) is 0 Å². The molecule has 0 saturated carbocycles. The smallest absolute Gasteiger partial charge is 0.353 e. The maximum atomic E-state index is 11.0. The fraction of sp³-hybridized carbons (Fsp3) is 0.100. The van der Waals surface area contributed by atoms with Crippen molar-refractivity contribution < 1.29 is 9.90 Å². The highest BCUT2D eigenvalue weighted by atomic mass is 79.9. The molecule has 0 fully saturated rings. The van der Waals surface area contributed by atoms with Crippen molar-refractivity contribution >= 4 is 27.4 Å². The van der Waals surface area contributed by atoms with Gasteiger partial charge >= 0.3 is 5.97 Å². The summed E-state index contributed by atoms with van der Waals surface area (Å²) in [5, 5.41) is 9.01. The number of rotatable bonds is 1. The second-order valence-electron chi connectivity index (χ2n) is 3.09. The third kappa shape index (κ3) is 1.23. The summed E-state index contributed by atoms with van der Waals surface area (Å²) in [5.41, 5.74) is 1.97. The maximum absolute atomic E-state index is 11.0. The lowest BCUT2D eigenvalue weighted by Gasteiger charge is -1.99. The molecule has 2 aromatic rings. The van der Waals surface area contributed by atoms with Crippen LogP contribution in [0.2, 0.25) is 0 Å². The predicted molar refractivity (Wildman–Crippen MR) is 56.8 cm³/mol. The van der Waals surface area contributed by atoms with Crippen LogP contribution in [0.15, 0.2) is 28.9 Å². The van der Waals surface area contributed by atoms with Crippen LogP contribution in [0.3, 0.4) is 0 Å². The first-order valence-electron chi connectivity index (χ1n) is 4.10. The number of aromatic carboxylic acids is 1. The molecule has 0 radical (unpaired) electrons. The van der Waals surface area contributed by atoms with Gasteiger partial charge in [-0.15, -0.1) is 0 Å². The van der Waals surface area contributed by atoms with Crippen molar-refractivity contribution in [2.45, 2.75) is 6.92 Å². The van der Waals surface area contributed by atoms with Gasteiger partial charge in [0.25, 0.3) is 0 Å². The summed E-state index contributed by atoms with van der Waals surface area (Å²) in [5.74, 6) is -0.902. The van der Waals surface area contributed by atoms with Crippen molar-refractivity contribution in [3.05, 3.63) is 40.1 Å². The van der Waals surface area contributed by atoms with Crippen LogP contribution in [0.5, 0.6) is 0 Å². The third-order valence-corrected chi connectivity index (χ3v) is 2.82. The number of hydrogen-bond donors (Lipinski definition) is 1. The molecule has 14 heavy (non-hydrogen) atoms. The molecule has 0 aromatic carbocycles. The maximum Gasteiger partial charge on any atom is 0.353 e. The third-order valence-electron chi connectivity index (χ3n) is 2.15. The standard InChI is InChI=1S/C10H8BrNO2/c1-6-5-8-7(11)3-2-4-12(8)9(6)10(13)14/h2-5H,1H3,(H,13,14). The number of carboxylic acid groups (broad SMARTS) is 1. The molecule has 0 bridgehead atoms. The van der Waals surface area contributed by atoms with Gasteiger partial charge in [-0.1, -0.05) is 0 Å². The van der Waals surface area contributed by atoms with E-state index in [2.05, 4.69) is 15.9 Å². The number of aromatic nitrogens is 1. The second kappa shape index (κ2) is 3.13. The highest BCUT2D eigenvalue weighted by Gasteiger charge is 2.14. The monoisotopic (exact) mass is 253 g/mol. The number of carbonyl (C=O) groups is 1. The van der Waals surface area contributed by atoms with Gasteiger partial charge in [-0.3, -0.25) is 0 Å². The first-order valence-corrected chi connectivity index (χ1v) is 4.90. The number of pyridine rings is 1. The summed E-state index contributed by atoms with van der Waals surface area (Å²) in [6, 6.07) is 5.55. The Morgan fingerprint density at radius 3 is 2.93 bits per heavy atom. The average molecular weight is 254 g/mol. The lowest BCUT2D eigenvalue weighted by molar-refractivity contribution is 0.0688. The number of carboxylic acids is 1. The Labute approximate surface area is 89.1 Å². The SMILES string of the molecule is Cc1cc2c(Br)cccn2c1C(=O)O. The molecule has 0 unspecified atom stereocenters. The zero-order valence-corrected chi connectivity index (χ0v) is 9.08. The van der Waals surface area contributed by atoms with Crippen molar-refractivity contribution in [2.24, 2.45) is 0 Å². The van der Waals surface area contributed by atoms with Crippen molar-refractivity contribution in [2.75, 3.05) is 0 Å². The van der Waals surface area contributed by atoms with Gasteiger partial charge in [0, 0.05) is 10.7 Å². The number of halogens is 1. The summed E-state index contributed by atoms with van der Waals surface area (Å²) >= 11 is 3.38. The lowest BCUT2D eigenvalue weighted by atomic mass is 10.3. The van der Waals surface area contributed by atoms with Crippen LogP contribution in [0.25, 0.3) is 5.52 Å². The summed E-state index contributed by atoms with van der Waals surface area (Å²) < 4.78 is 2.57. The largest absolute Gasteiger partial charge is 0.477 e. The molecular weight excluding hydrogens is 246 g/mol. The molecule has 0 aliphatic heterocycles. The van der Waals surface area contributed by atoms with Crippen LogP contribution < -0.4 is 0 Å². The normalized spacial score (nSPS) is 10.7. The molecule has 72 valence electrons. The molecule has 0 aliphatic carbocycles. The van der Waals surface area contributed by atoms with E-state index in [0.717, 1.165) is 15.6 Å². The van der Waals surface area contributed by atoms with Crippen LogP contribution in [-0.4, -0.2) is 15.5 Å². The molecule has 0 spiro atoms. The number of nitrogens with zero attached hydrogens (tertiary/aromatic N) is 1. The minimum Gasteiger partial charge on any atom is -0.477 e. The van der Waals surface area contributed by atoms with Crippen LogP contribution in [0, 0.1) is 6.92 Å². The van der Waals surface area contributed by atoms with Gasteiger partial charge in [0.2, 0.25) is 0 Å². The van der Waals surface area contributed by atoms with Gasteiger partial charge in [-0.2, -0.15) is 0 Å². The van der Waals surface area contributed by atoms with E-state index in [0.29, 0.717) is 5.69 Å². The van der Waals surface area contributed by atoms with E-state index in [1.165, 1.54) is 0 Å². The zero-order valence-electron chi connectivity index (χ0n) is 7.49. The molecule has 3 nitrogen and oxygen atoms in total. The highest BCUT2D eigenvalue weighted by Crippen LogP contribution is 2.23. The second-order valence-corrected chi connectivity index (χ2v) is 3.95.